The molecule has 1 fully saturated rings. The largest absolute Gasteiger partial charge is 0.498 e. The zero-order chi connectivity index (χ0) is 14.4. The molecule has 19 heavy (non-hydrogen) atoms. The van der Waals surface area contributed by atoms with Gasteiger partial charge in [0.2, 0.25) is 0 Å². The molecule has 0 unspecified atom stereocenters. The first-order valence-electron chi connectivity index (χ1n) is 6.70. The second-order valence-corrected chi connectivity index (χ2v) is 6.33. The molecule has 1 aromatic rings. The summed E-state index contributed by atoms with van der Waals surface area (Å²) in [5.41, 5.74) is 1.10. The molecule has 0 amide bonds. The summed E-state index contributed by atoms with van der Waals surface area (Å²) < 4.78 is 13.8. The Balaban J connectivity index is 2.22. The molecule has 0 bridgehead atoms. The molecule has 106 valence electrons. The average Bonchev–Trinajstić information content (AvgIpc) is 2.64. The molecule has 0 aromatic carbocycles. The van der Waals surface area contributed by atoms with Crippen LogP contribution in [-0.4, -0.2) is 39.3 Å². The van der Waals surface area contributed by atoms with Crippen molar-refractivity contribution in [2.45, 2.75) is 65.4 Å². The van der Waals surface area contributed by atoms with Gasteiger partial charge < -0.3 is 14.4 Å². The predicted molar refractivity (Wildman–Crippen MR) is 74.4 cm³/mol. The van der Waals surface area contributed by atoms with E-state index in [9.17, 15) is 5.11 Å². The average molecular weight is 266 g/mol. The summed E-state index contributed by atoms with van der Waals surface area (Å²) in [6.45, 7) is 12.3. The number of rotatable bonds is 3. The van der Waals surface area contributed by atoms with E-state index in [0.29, 0.717) is 6.54 Å². The lowest BCUT2D eigenvalue weighted by molar-refractivity contribution is 0.00578. The van der Waals surface area contributed by atoms with E-state index < -0.39 is 13.2 Å². The van der Waals surface area contributed by atoms with Crippen molar-refractivity contribution < 1.29 is 14.4 Å². The number of hydrogen-bond acceptors (Lipinski definition) is 4. The lowest BCUT2D eigenvalue weighted by atomic mass is 9.79. The van der Waals surface area contributed by atoms with Gasteiger partial charge in [0.15, 0.2) is 0 Å². The fourth-order valence-electron chi connectivity index (χ4n) is 2.10. The molecule has 1 saturated heterocycles. The van der Waals surface area contributed by atoms with Gasteiger partial charge in [-0.25, -0.2) is 0 Å². The maximum atomic E-state index is 9.41. The quantitative estimate of drug-likeness (QED) is 0.825. The highest BCUT2D eigenvalue weighted by Crippen LogP contribution is 2.36. The first kappa shape index (κ1) is 14.6. The van der Waals surface area contributed by atoms with Gasteiger partial charge >= 0.3 is 7.12 Å². The van der Waals surface area contributed by atoms with E-state index in [4.69, 9.17) is 9.31 Å². The summed E-state index contributed by atoms with van der Waals surface area (Å²) in [5, 5.41) is 13.8. The summed E-state index contributed by atoms with van der Waals surface area (Å²) in [7, 11) is -0.396. The standard InChI is InChI=1S/C13H23BN2O3/c1-9(17)7-16-8-11(10(2)15-16)14-18-12(3,4)13(5,6)19-14/h8-9,17H,7H2,1-6H3/t9-/m0/s1. The number of aromatic nitrogens is 2. The van der Waals surface area contributed by atoms with Crippen LogP contribution in [0, 0.1) is 6.92 Å². The molecule has 1 aliphatic heterocycles. The summed E-state index contributed by atoms with van der Waals surface area (Å²) in [6.07, 6.45) is 1.47. The van der Waals surface area contributed by atoms with E-state index in [2.05, 4.69) is 5.10 Å². The van der Waals surface area contributed by atoms with Gasteiger partial charge in [0, 0.05) is 11.7 Å². The summed E-state index contributed by atoms with van der Waals surface area (Å²) in [6, 6.07) is 0. The predicted octanol–water partition coefficient (Wildman–Crippen LogP) is 0.872. The van der Waals surface area contributed by atoms with E-state index in [1.165, 1.54) is 0 Å². The van der Waals surface area contributed by atoms with Crippen molar-refractivity contribution in [3.8, 4) is 0 Å². The Hall–Kier alpha value is -0.845. The van der Waals surface area contributed by atoms with Crippen molar-refractivity contribution in [2.24, 2.45) is 0 Å². The molecule has 1 atom stereocenters. The zero-order valence-electron chi connectivity index (χ0n) is 12.6. The Bertz CT molecular complexity index is 452. The number of nitrogens with zero attached hydrogens (tertiary/aromatic N) is 2. The highest BCUT2D eigenvalue weighted by molar-refractivity contribution is 6.62. The molecule has 0 spiro atoms. The Kier molecular flexibility index (Phi) is 3.54. The Morgan fingerprint density at radius 3 is 2.32 bits per heavy atom. The van der Waals surface area contributed by atoms with Crippen LogP contribution in [0.25, 0.3) is 0 Å². The van der Waals surface area contributed by atoms with E-state index in [0.717, 1.165) is 11.2 Å². The minimum atomic E-state index is -0.426. The molecule has 0 saturated carbocycles. The SMILES string of the molecule is Cc1nn(C[C@H](C)O)cc1B1OC(C)(C)C(C)(C)O1. The van der Waals surface area contributed by atoms with Crippen LogP contribution in [0.1, 0.15) is 40.3 Å². The van der Waals surface area contributed by atoms with Crippen LogP contribution in [0.15, 0.2) is 6.20 Å². The van der Waals surface area contributed by atoms with Crippen LogP contribution in [0.2, 0.25) is 0 Å². The van der Waals surface area contributed by atoms with Gasteiger partial charge in [-0.1, -0.05) is 0 Å². The fraction of sp³-hybridized carbons (Fsp3) is 0.769. The van der Waals surface area contributed by atoms with Gasteiger partial charge in [0.1, 0.15) is 0 Å². The first-order chi connectivity index (χ1) is 8.62. The van der Waals surface area contributed by atoms with Crippen LogP contribution in [0.3, 0.4) is 0 Å². The maximum Gasteiger partial charge on any atom is 0.498 e. The highest BCUT2D eigenvalue weighted by Gasteiger charge is 2.52. The number of aliphatic hydroxyl groups is 1. The third-order valence-corrected chi connectivity index (χ3v) is 3.94. The van der Waals surface area contributed by atoms with Gasteiger partial charge in [0.25, 0.3) is 0 Å². The molecule has 2 rings (SSSR count). The van der Waals surface area contributed by atoms with Crippen molar-refractivity contribution in [3.63, 3.8) is 0 Å². The third kappa shape index (κ3) is 2.71. The van der Waals surface area contributed by atoms with Crippen molar-refractivity contribution in [2.75, 3.05) is 0 Å². The Morgan fingerprint density at radius 2 is 1.84 bits per heavy atom. The van der Waals surface area contributed by atoms with Crippen LogP contribution < -0.4 is 5.46 Å². The van der Waals surface area contributed by atoms with Crippen molar-refractivity contribution in [3.05, 3.63) is 11.9 Å². The van der Waals surface area contributed by atoms with Crippen LogP contribution in [0.4, 0.5) is 0 Å². The lowest BCUT2D eigenvalue weighted by Crippen LogP contribution is -2.41. The molecule has 5 nitrogen and oxygen atoms in total. The molecule has 2 heterocycles. The number of aryl methyl sites for hydroxylation is 1. The molecular weight excluding hydrogens is 243 g/mol. The topological polar surface area (TPSA) is 56.5 Å². The molecular formula is C13H23BN2O3. The first-order valence-corrected chi connectivity index (χ1v) is 6.70. The second kappa shape index (κ2) is 4.61. The molecule has 1 aromatic heterocycles. The summed E-state index contributed by atoms with van der Waals surface area (Å²) in [5.74, 6) is 0. The van der Waals surface area contributed by atoms with E-state index in [-0.39, 0.29) is 11.2 Å². The van der Waals surface area contributed by atoms with Crippen molar-refractivity contribution in [1.82, 2.24) is 9.78 Å². The lowest BCUT2D eigenvalue weighted by Gasteiger charge is -2.32. The van der Waals surface area contributed by atoms with Crippen molar-refractivity contribution >= 4 is 12.6 Å². The van der Waals surface area contributed by atoms with Crippen LogP contribution >= 0.6 is 0 Å². The van der Waals surface area contributed by atoms with Crippen LogP contribution in [0.5, 0.6) is 0 Å². The Labute approximate surface area is 115 Å². The Morgan fingerprint density at radius 1 is 1.32 bits per heavy atom. The number of aliphatic hydroxyl groups excluding tert-OH is 1. The van der Waals surface area contributed by atoms with Gasteiger partial charge in [-0.2, -0.15) is 5.10 Å². The smallest absolute Gasteiger partial charge is 0.399 e. The molecule has 0 radical (unpaired) electrons. The monoisotopic (exact) mass is 266 g/mol. The van der Waals surface area contributed by atoms with Gasteiger partial charge in [0.05, 0.1) is 29.5 Å². The molecule has 1 N–H and O–H groups in total. The highest BCUT2D eigenvalue weighted by atomic mass is 16.7. The van der Waals surface area contributed by atoms with E-state index in [1.54, 1.807) is 11.6 Å². The van der Waals surface area contributed by atoms with E-state index in [1.807, 2.05) is 40.8 Å². The molecule has 1 aliphatic rings. The second-order valence-electron chi connectivity index (χ2n) is 6.33. The number of hydrogen-bond donors (Lipinski definition) is 1. The maximum absolute atomic E-state index is 9.41. The van der Waals surface area contributed by atoms with Gasteiger partial charge in [-0.3, -0.25) is 4.68 Å². The zero-order valence-corrected chi connectivity index (χ0v) is 12.6. The van der Waals surface area contributed by atoms with Gasteiger partial charge in [-0.05, 0) is 41.5 Å². The van der Waals surface area contributed by atoms with Gasteiger partial charge in [-0.15, -0.1) is 0 Å². The summed E-state index contributed by atoms with van der Waals surface area (Å²) >= 11 is 0. The van der Waals surface area contributed by atoms with Crippen LogP contribution in [-0.2, 0) is 15.9 Å². The minimum Gasteiger partial charge on any atom is -0.399 e. The molecule has 0 aliphatic carbocycles. The summed E-state index contributed by atoms with van der Waals surface area (Å²) in [4.78, 5) is 0. The van der Waals surface area contributed by atoms with E-state index >= 15 is 0 Å². The third-order valence-electron chi connectivity index (χ3n) is 3.94. The minimum absolute atomic E-state index is 0.351. The normalized spacial score (nSPS) is 22.8. The molecule has 6 heteroatoms. The fourth-order valence-corrected chi connectivity index (χ4v) is 2.10. The van der Waals surface area contributed by atoms with Crippen molar-refractivity contribution in [1.29, 1.82) is 0 Å².